The predicted octanol–water partition coefficient (Wildman–Crippen LogP) is 4.64. The Bertz CT molecular complexity index is 1040. The molecule has 0 bridgehead atoms. The van der Waals surface area contributed by atoms with Gasteiger partial charge < -0.3 is 10.6 Å². The van der Waals surface area contributed by atoms with Crippen LogP contribution >= 0.6 is 28.1 Å². The van der Waals surface area contributed by atoms with E-state index in [0.717, 1.165) is 58.0 Å². The topological polar surface area (TPSA) is 59.7 Å². The van der Waals surface area contributed by atoms with E-state index in [-0.39, 0.29) is 5.82 Å². The molecule has 3 rings (SSSR count). The van der Waals surface area contributed by atoms with Gasteiger partial charge in [-0.1, -0.05) is 12.1 Å². The van der Waals surface area contributed by atoms with Crippen LogP contribution in [0.3, 0.4) is 0 Å². The smallest absolute Gasteiger partial charge is 0.170 e. The first kappa shape index (κ1) is 22.4. The van der Waals surface area contributed by atoms with Crippen molar-refractivity contribution in [1.29, 1.82) is 0 Å². The van der Waals surface area contributed by atoms with Gasteiger partial charge in [-0.3, -0.25) is 9.36 Å². The average Bonchev–Trinajstić information content (AvgIpc) is 3.11. The molecule has 6 nitrogen and oxygen atoms in total. The summed E-state index contributed by atoms with van der Waals surface area (Å²) in [5.74, 6) is -0.239. The molecule has 0 saturated heterocycles. The Kier molecular flexibility index (Phi) is 7.25. The van der Waals surface area contributed by atoms with Crippen molar-refractivity contribution in [3.63, 3.8) is 0 Å². The van der Waals surface area contributed by atoms with Gasteiger partial charge in [0.1, 0.15) is 5.82 Å². The zero-order valence-electron chi connectivity index (χ0n) is 17.6. The molecule has 1 aromatic carbocycles. The SMILES string of the molecule is Cc1nn(CCCNC(=S)Nc2c(C)nn(Cc3ccc(F)cc3)c2C)c(C)c1Br. The minimum Gasteiger partial charge on any atom is -0.362 e. The minimum absolute atomic E-state index is 0.239. The van der Waals surface area contributed by atoms with Crippen molar-refractivity contribution < 1.29 is 4.39 Å². The Morgan fingerprint density at radius 1 is 1.03 bits per heavy atom. The van der Waals surface area contributed by atoms with Crippen LogP contribution in [0.15, 0.2) is 28.7 Å². The Hall–Kier alpha value is -2.26. The molecule has 2 N–H and O–H groups in total. The molecule has 0 aliphatic heterocycles. The molecule has 0 amide bonds. The highest BCUT2D eigenvalue weighted by atomic mass is 79.9. The Labute approximate surface area is 190 Å². The van der Waals surface area contributed by atoms with Crippen LogP contribution in [0.1, 0.15) is 34.8 Å². The maximum Gasteiger partial charge on any atom is 0.170 e. The summed E-state index contributed by atoms with van der Waals surface area (Å²) in [7, 11) is 0. The summed E-state index contributed by atoms with van der Waals surface area (Å²) in [6.45, 7) is 10.1. The largest absolute Gasteiger partial charge is 0.362 e. The maximum absolute atomic E-state index is 13.1. The van der Waals surface area contributed by atoms with Crippen LogP contribution in [0, 0.1) is 33.5 Å². The zero-order valence-corrected chi connectivity index (χ0v) is 20.0. The van der Waals surface area contributed by atoms with Crippen LogP contribution in [-0.2, 0) is 13.1 Å². The number of rotatable bonds is 7. The van der Waals surface area contributed by atoms with Gasteiger partial charge in [0.15, 0.2) is 5.11 Å². The summed E-state index contributed by atoms with van der Waals surface area (Å²) in [5.41, 5.74) is 5.87. The fraction of sp³-hybridized carbons (Fsp3) is 0.381. The standard InChI is InChI=1S/C21H26BrFN6S/c1-13-19(22)15(3)28(26-13)11-5-10-24-21(30)25-20-14(2)27-29(16(20)4)12-17-6-8-18(23)9-7-17/h6-9H,5,10-12H2,1-4H3,(H2,24,25,30). The van der Waals surface area contributed by atoms with Gasteiger partial charge in [-0.25, -0.2) is 4.39 Å². The number of anilines is 1. The molecule has 0 aliphatic carbocycles. The number of nitrogens with one attached hydrogen (secondary N) is 2. The van der Waals surface area contributed by atoms with E-state index in [2.05, 4.69) is 43.7 Å². The van der Waals surface area contributed by atoms with E-state index in [4.69, 9.17) is 12.2 Å². The Balaban J connectivity index is 1.53. The molecular formula is C21H26BrFN6S. The number of nitrogens with zero attached hydrogens (tertiary/aromatic N) is 4. The lowest BCUT2D eigenvalue weighted by atomic mass is 10.2. The molecule has 9 heteroatoms. The van der Waals surface area contributed by atoms with Crippen molar-refractivity contribution in [3.8, 4) is 0 Å². The molecule has 0 fully saturated rings. The number of benzene rings is 1. The van der Waals surface area contributed by atoms with E-state index in [1.54, 1.807) is 12.1 Å². The van der Waals surface area contributed by atoms with Gasteiger partial charge in [-0.05, 0) is 80.0 Å². The second-order valence-electron chi connectivity index (χ2n) is 7.27. The Morgan fingerprint density at radius 3 is 2.33 bits per heavy atom. The fourth-order valence-corrected chi connectivity index (χ4v) is 3.76. The quantitative estimate of drug-likeness (QED) is 0.371. The summed E-state index contributed by atoms with van der Waals surface area (Å²) in [6.07, 6.45) is 0.901. The van der Waals surface area contributed by atoms with E-state index < -0.39 is 0 Å². The van der Waals surface area contributed by atoms with Crippen LogP contribution in [0.4, 0.5) is 10.1 Å². The number of hydrogen-bond acceptors (Lipinski definition) is 3. The number of hydrogen-bond donors (Lipinski definition) is 2. The van der Waals surface area contributed by atoms with Gasteiger partial charge in [0.25, 0.3) is 0 Å². The highest BCUT2D eigenvalue weighted by Gasteiger charge is 2.13. The highest BCUT2D eigenvalue weighted by Crippen LogP contribution is 2.21. The molecular weight excluding hydrogens is 467 g/mol. The van der Waals surface area contributed by atoms with E-state index in [9.17, 15) is 4.39 Å². The van der Waals surface area contributed by atoms with Gasteiger partial charge in [-0.15, -0.1) is 0 Å². The van der Waals surface area contributed by atoms with Crippen molar-refractivity contribution in [3.05, 3.63) is 62.9 Å². The predicted molar refractivity (Wildman–Crippen MR) is 125 cm³/mol. The van der Waals surface area contributed by atoms with Crippen molar-refractivity contribution in [2.24, 2.45) is 0 Å². The number of halogens is 2. The van der Waals surface area contributed by atoms with Crippen molar-refractivity contribution >= 4 is 38.9 Å². The van der Waals surface area contributed by atoms with Crippen molar-refractivity contribution in [2.45, 2.75) is 47.2 Å². The molecule has 2 heterocycles. The van der Waals surface area contributed by atoms with Gasteiger partial charge in [0, 0.05) is 18.8 Å². The first-order valence-corrected chi connectivity index (χ1v) is 11.0. The third-order valence-corrected chi connectivity index (χ3v) is 6.39. The molecule has 0 atom stereocenters. The van der Waals surface area contributed by atoms with E-state index in [0.29, 0.717) is 11.7 Å². The summed E-state index contributed by atoms with van der Waals surface area (Å²) in [6, 6.07) is 6.47. The summed E-state index contributed by atoms with van der Waals surface area (Å²) >= 11 is 9.01. The number of thiocarbonyl (C=S) groups is 1. The molecule has 2 aromatic heterocycles. The Morgan fingerprint density at radius 2 is 1.70 bits per heavy atom. The second kappa shape index (κ2) is 9.70. The third-order valence-electron chi connectivity index (χ3n) is 4.99. The van der Waals surface area contributed by atoms with Gasteiger partial charge in [0.2, 0.25) is 0 Å². The van der Waals surface area contributed by atoms with Crippen LogP contribution in [0.5, 0.6) is 0 Å². The maximum atomic E-state index is 13.1. The molecule has 30 heavy (non-hydrogen) atoms. The lowest BCUT2D eigenvalue weighted by Crippen LogP contribution is -2.30. The molecule has 0 radical (unpaired) electrons. The number of aromatic nitrogens is 4. The lowest BCUT2D eigenvalue weighted by molar-refractivity contribution is 0.558. The van der Waals surface area contributed by atoms with E-state index in [1.165, 1.54) is 12.1 Å². The zero-order chi connectivity index (χ0) is 21.8. The minimum atomic E-state index is -0.239. The normalized spacial score (nSPS) is 11.0. The molecule has 0 unspecified atom stereocenters. The van der Waals surface area contributed by atoms with Crippen molar-refractivity contribution in [1.82, 2.24) is 24.9 Å². The average molecular weight is 493 g/mol. The highest BCUT2D eigenvalue weighted by molar-refractivity contribution is 9.10. The summed E-state index contributed by atoms with van der Waals surface area (Å²) < 4.78 is 18.1. The summed E-state index contributed by atoms with van der Waals surface area (Å²) in [5, 5.41) is 16.2. The molecule has 160 valence electrons. The van der Waals surface area contributed by atoms with Crippen LogP contribution < -0.4 is 10.6 Å². The molecule has 3 aromatic rings. The number of aryl methyl sites for hydroxylation is 3. The fourth-order valence-electron chi connectivity index (χ4n) is 3.28. The first-order valence-electron chi connectivity index (χ1n) is 9.79. The van der Waals surface area contributed by atoms with Gasteiger partial charge >= 0.3 is 0 Å². The lowest BCUT2D eigenvalue weighted by Gasteiger charge is -2.12. The van der Waals surface area contributed by atoms with E-state index >= 15 is 0 Å². The van der Waals surface area contributed by atoms with Crippen LogP contribution in [0.2, 0.25) is 0 Å². The molecule has 0 aliphatic rings. The monoisotopic (exact) mass is 492 g/mol. The molecule has 0 saturated carbocycles. The first-order chi connectivity index (χ1) is 14.3. The third kappa shape index (κ3) is 5.26. The second-order valence-corrected chi connectivity index (χ2v) is 8.47. The summed E-state index contributed by atoms with van der Waals surface area (Å²) in [4.78, 5) is 0. The van der Waals surface area contributed by atoms with Gasteiger partial charge in [-0.2, -0.15) is 10.2 Å². The van der Waals surface area contributed by atoms with Crippen LogP contribution in [0.25, 0.3) is 0 Å². The van der Waals surface area contributed by atoms with Crippen molar-refractivity contribution in [2.75, 3.05) is 11.9 Å². The van der Waals surface area contributed by atoms with E-state index in [1.807, 2.05) is 30.1 Å². The van der Waals surface area contributed by atoms with Gasteiger partial charge in [0.05, 0.1) is 33.8 Å². The van der Waals surface area contributed by atoms with Crippen LogP contribution in [-0.4, -0.2) is 31.2 Å². The molecule has 0 spiro atoms.